The number of likely N-dealkylation sites (tertiary alicyclic amines) is 1. The van der Waals surface area contributed by atoms with Crippen molar-refractivity contribution in [1.82, 2.24) is 4.90 Å². The van der Waals surface area contributed by atoms with Crippen LogP contribution in [0.2, 0.25) is 10.0 Å². The maximum Gasteiger partial charge on any atom is 0.229 e. The highest BCUT2D eigenvalue weighted by molar-refractivity contribution is 6.42. The van der Waals surface area contributed by atoms with Gasteiger partial charge in [-0.3, -0.25) is 9.59 Å². The fourth-order valence-corrected chi connectivity index (χ4v) is 3.20. The molecule has 1 N–H and O–H groups in total. The van der Waals surface area contributed by atoms with Gasteiger partial charge in [-0.05, 0) is 42.3 Å². The van der Waals surface area contributed by atoms with E-state index in [-0.39, 0.29) is 24.1 Å². The monoisotopic (exact) mass is 394 g/mol. The predicted molar refractivity (Wildman–Crippen MR) is 99.9 cm³/mol. The molecule has 1 aliphatic heterocycles. The number of rotatable bonds is 5. The normalized spacial score (nSPS) is 16.8. The van der Waals surface area contributed by atoms with E-state index in [1.807, 2.05) is 0 Å². The first-order chi connectivity index (χ1) is 12.4. The average molecular weight is 395 g/mol. The van der Waals surface area contributed by atoms with Crippen molar-refractivity contribution in [3.05, 3.63) is 63.9 Å². The lowest BCUT2D eigenvalue weighted by Gasteiger charge is -2.16. The van der Waals surface area contributed by atoms with Crippen LogP contribution in [0.1, 0.15) is 12.0 Å². The van der Waals surface area contributed by atoms with E-state index in [0.717, 1.165) is 5.56 Å². The van der Waals surface area contributed by atoms with Crippen LogP contribution in [0.25, 0.3) is 0 Å². The van der Waals surface area contributed by atoms with Gasteiger partial charge in [-0.1, -0.05) is 35.3 Å². The van der Waals surface area contributed by atoms with Crippen LogP contribution in [0.4, 0.5) is 10.1 Å². The Morgan fingerprint density at radius 3 is 2.58 bits per heavy atom. The molecule has 0 unspecified atom stereocenters. The number of carbonyl (C=O) groups excluding carboxylic acids is 2. The molecule has 0 bridgehead atoms. The molecule has 1 saturated heterocycles. The number of carbonyl (C=O) groups is 2. The summed E-state index contributed by atoms with van der Waals surface area (Å²) in [6, 6.07) is 11.0. The van der Waals surface area contributed by atoms with Gasteiger partial charge in [-0.2, -0.15) is 0 Å². The number of nitrogens with zero attached hydrogens (tertiary/aromatic N) is 1. The van der Waals surface area contributed by atoms with Crippen molar-refractivity contribution >= 4 is 40.7 Å². The third-order valence-corrected chi connectivity index (χ3v) is 5.10. The van der Waals surface area contributed by atoms with E-state index >= 15 is 0 Å². The van der Waals surface area contributed by atoms with Gasteiger partial charge in [-0.15, -0.1) is 0 Å². The van der Waals surface area contributed by atoms with Crippen molar-refractivity contribution in [3.63, 3.8) is 0 Å². The number of halogens is 3. The molecule has 7 heteroatoms. The highest BCUT2D eigenvalue weighted by atomic mass is 35.5. The van der Waals surface area contributed by atoms with E-state index in [9.17, 15) is 14.0 Å². The summed E-state index contributed by atoms with van der Waals surface area (Å²) < 4.78 is 12.9. The fraction of sp³-hybridized carbons (Fsp3) is 0.263. The largest absolute Gasteiger partial charge is 0.342 e. The van der Waals surface area contributed by atoms with Crippen molar-refractivity contribution < 1.29 is 14.0 Å². The van der Waals surface area contributed by atoms with Gasteiger partial charge in [0.25, 0.3) is 0 Å². The summed E-state index contributed by atoms with van der Waals surface area (Å²) >= 11 is 11.8. The fourth-order valence-electron chi connectivity index (χ4n) is 2.90. The molecule has 0 radical (unpaired) electrons. The van der Waals surface area contributed by atoms with Gasteiger partial charge in [0, 0.05) is 25.2 Å². The lowest BCUT2D eigenvalue weighted by atomic mass is 10.1. The molecule has 4 nitrogen and oxygen atoms in total. The number of hydrogen-bond donors (Lipinski definition) is 1. The molecule has 1 aliphatic rings. The first kappa shape index (κ1) is 18.7. The van der Waals surface area contributed by atoms with E-state index in [1.165, 1.54) is 12.1 Å². The first-order valence-corrected chi connectivity index (χ1v) is 8.96. The molecule has 1 heterocycles. The molecular formula is C19H17Cl2FN2O2. The van der Waals surface area contributed by atoms with Gasteiger partial charge in [0.1, 0.15) is 5.82 Å². The van der Waals surface area contributed by atoms with E-state index in [4.69, 9.17) is 23.2 Å². The average Bonchev–Trinajstić information content (AvgIpc) is 2.99. The van der Waals surface area contributed by atoms with Crippen LogP contribution in [0.15, 0.2) is 42.5 Å². The molecule has 0 spiro atoms. The maximum atomic E-state index is 12.9. The maximum absolute atomic E-state index is 12.9. The van der Waals surface area contributed by atoms with E-state index < -0.39 is 5.92 Å². The zero-order valence-electron chi connectivity index (χ0n) is 13.8. The van der Waals surface area contributed by atoms with Crippen LogP contribution in [0.3, 0.4) is 0 Å². The second kappa shape index (κ2) is 8.06. The molecule has 2 aromatic carbocycles. The molecular weight excluding hydrogens is 378 g/mol. The minimum Gasteiger partial charge on any atom is -0.342 e. The van der Waals surface area contributed by atoms with Crippen LogP contribution in [-0.4, -0.2) is 29.8 Å². The molecule has 2 amide bonds. The summed E-state index contributed by atoms with van der Waals surface area (Å²) in [7, 11) is 0. The number of amides is 2. The van der Waals surface area contributed by atoms with Gasteiger partial charge in [0.15, 0.2) is 0 Å². The van der Waals surface area contributed by atoms with Gasteiger partial charge >= 0.3 is 0 Å². The van der Waals surface area contributed by atoms with E-state index in [1.54, 1.807) is 35.2 Å². The van der Waals surface area contributed by atoms with Gasteiger partial charge in [-0.25, -0.2) is 4.39 Å². The summed E-state index contributed by atoms with van der Waals surface area (Å²) in [5, 5.41) is 3.53. The summed E-state index contributed by atoms with van der Waals surface area (Å²) in [5.41, 5.74) is 1.49. The van der Waals surface area contributed by atoms with Crippen LogP contribution < -0.4 is 5.32 Å². The highest BCUT2D eigenvalue weighted by Crippen LogP contribution is 2.26. The predicted octanol–water partition coefficient (Wildman–Crippen LogP) is 4.16. The van der Waals surface area contributed by atoms with Crippen molar-refractivity contribution in [1.29, 1.82) is 0 Å². The Labute approximate surface area is 160 Å². The van der Waals surface area contributed by atoms with Crippen LogP contribution >= 0.6 is 23.2 Å². The molecule has 0 aromatic heterocycles. The van der Waals surface area contributed by atoms with Crippen molar-refractivity contribution in [2.45, 2.75) is 12.8 Å². The van der Waals surface area contributed by atoms with Crippen molar-refractivity contribution in [3.8, 4) is 0 Å². The van der Waals surface area contributed by atoms with Crippen LogP contribution in [0, 0.1) is 11.7 Å². The quantitative estimate of drug-likeness (QED) is 0.827. The Morgan fingerprint density at radius 2 is 1.88 bits per heavy atom. The topological polar surface area (TPSA) is 49.4 Å². The zero-order chi connectivity index (χ0) is 18.7. The second-order valence-electron chi connectivity index (χ2n) is 6.24. The molecule has 2 aromatic rings. The van der Waals surface area contributed by atoms with Gasteiger partial charge in [0.2, 0.25) is 11.8 Å². The van der Waals surface area contributed by atoms with Crippen molar-refractivity contribution in [2.75, 3.05) is 18.4 Å². The van der Waals surface area contributed by atoms with Crippen molar-refractivity contribution in [2.24, 2.45) is 5.92 Å². The molecule has 26 heavy (non-hydrogen) atoms. The molecule has 136 valence electrons. The Kier molecular flexibility index (Phi) is 5.79. The number of hydrogen-bond acceptors (Lipinski definition) is 2. The Hall–Kier alpha value is -2.11. The molecule has 1 fully saturated rings. The second-order valence-corrected chi connectivity index (χ2v) is 7.05. The summed E-state index contributed by atoms with van der Waals surface area (Å²) in [5.74, 6) is -0.974. The summed E-state index contributed by atoms with van der Waals surface area (Å²) in [4.78, 5) is 26.2. The van der Waals surface area contributed by atoms with Crippen LogP contribution in [-0.2, 0) is 16.0 Å². The minimum atomic E-state index is -0.412. The third-order valence-electron chi connectivity index (χ3n) is 4.36. The molecule has 3 rings (SSSR count). The molecule has 0 aliphatic carbocycles. The Bertz CT molecular complexity index is 827. The highest BCUT2D eigenvalue weighted by Gasteiger charge is 2.34. The molecule has 0 saturated carbocycles. The Balaban J connectivity index is 1.55. The van der Waals surface area contributed by atoms with Gasteiger partial charge in [0.05, 0.1) is 16.0 Å². The number of benzene rings is 2. The lowest BCUT2D eigenvalue weighted by Crippen LogP contribution is -2.30. The number of anilines is 1. The molecule has 1 atom stereocenters. The SMILES string of the molecule is O=C(Nc1ccc(Cl)c(Cl)c1)[C@H]1CC(=O)N(CCc2ccc(F)cc2)C1. The first-order valence-electron chi connectivity index (χ1n) is 8.20. The minimum absolute atomic E-state index is 0.0543. The third kappa shape index (κ3) is 4.54. The zero-order valence-corrected chi connectivity index (χ0v) is 15.4. The van der Waals surface area contributed by atoms with E-state index in [0.29, 0.717) is 35.2 Å². The lowest BCUT2D eigenvalue weighted by molar-refractivity contribution is -0.128. The van der Waals surface area contributed by atoms with Crippen LogP contribution in [0.5, 0.6) is 0 Å². The smallest absolute Gasteiger partial charge is 0.229 e. The summed E-state index contributed by atoms with van der Waals surface area (Å²) in [6.45, 7) is 0.869. The Morgan fingerprint density at radius 1 is 1.15 bits per heavy atom. The standard InChI is InChI=1S/C19H17Cl2FN2O2/c20-16-6-5-15(10-17(16)21)23-19(26)13-9-18(25)24(11-13)8-7-12-1-3-14(22)4-2-12/h1-6,10,13H,7-9,11H2,(H,23,26)/t13-/m0/s1. The van der Waals surface area contributed by atoms with Gasteiger partial charge < -0.3 is 10.2 Å². The number of nitrogens with one attached hydrogen (secondary N) is 1. The van der Waals surface area contributed by atoms with E-state index in [2.05, 4.69) is 5.32 Å². The summed E-state index contributed by atoms with van der Waals surface area (Å²) in [6.07, 6.45) is 0.795.